The van der Waals surface area contributed by atoms with Crippen LogP contribution in [0.4, 0.5) is 0 Å². The van der Waals surface area contributed by atoms with Crippen molar-refractivity contribution >= 4 is 11.0 Å². The van der Waals surface area contributed by atoms with Gasteiger partial charge in [0.05, 0.1) is 6.54 Å². The number of furan rings is 1. The van der Waals surface area contributed by atoms with Crippen molar-refractivity contribution in [1.29, 1.82) is 0 Å². The fourth-order valence-corrected chi connectivity index (χ4v) is 3.15. The topological polar surface area (TPSA) is 28.4 Å². The number of rotatable bonds is 5. The van der Waals surface area contributed by atoms with Gasteiger partial charge < -0.3 is 9.73 Å². The maximum absolute atomic E-state index is 6.07. The number of piperidine rings is 1. The maximum Gasteiger partial charge on any atom is 0.134 e. The maximum atomic E-state index is 6.07. The van der Waals surface area contributed by atoms with Crippen LogP contribution in [0.2, 0.25) is 0 Å². The minimum absolute atomic E-state index is 0.824. The molecular formula is C18H26N2O. The summed E-state index contributed by atoms with van der Waals surface area (Å²) in [4.78, 5) is 2.58. The molecule has 1 fully saturated rings. The Bertz CT molecular complexity index is 582. The lowest BCUT2D eigenvalue weighted by Gasteiger charge is -2.30. The molecule has 0 spiro atoms. The number of nitrogens with one attached hydrogen (secondary N) is 1. The highest BCUT2D eigenvalue weighted by molar-refractivity contribution is 5.82. The van der Waals surface area contributed by atoms with Crippen LogP contribution in [0.25, 0.3) is 11.0 Å². The largest absolute Gasteiger partial charge is 0.459 e. The smallest absolute Gasteiger partial charge is 0.134 e. The minimum atomic E-state index is 0.824. The SMILES string of the molecule is CCNCc1oc2ccccc2c1CN1CCC(C)CC1. The van der Waals surface area contributed by atoms with Crippen molar-refractivity contribution in [2.24, 2.45) is 5.92 Å². The van der Waals surface area contributed by atoms with E-state index >= 15 is 0 Å². The highest BCUT2D eigenvalue weighted by atomic mass is 16.3. The van der Waals surface area contributed by atoms with E-state index in [0.29, 0.717) is 0 Å². The van der Waals surface area contributed by atoms with Crippen LogP contribution in [0.15, 0.2) is 28.7 Å². The van der Waals surface area contributed by atoms with Gasteiger partial charge in [0.1, 0.15) is 11.3 Å². The van der Waals surface area contributed by atoms with Crippen LogP contribution >= 0.6 is 0 Å². The van der Waals surface area contributed by atoms with Gasteiger partial charge in [-0.25, -0.2) is 0 Å². The summed E-state index contributed by atoms with van der Waals surface area (Å²) in [5, 5.41) is 4.68. The molecule has 0 saturated carbocycles. The van der Waals surface area contributed by atoms with E-state index in [1.54, 1.807) is 0 Å². The number of para-hydroxylation sites is 1. The average molecular weight is 286 g/mol. The molecule has 0 radical (unpaired) electrons. The molecule has 114 valence electrons. The number of fused-ring (bicyclic) bond motifs is 1. The van der Waals surface area contributed by atoms with Crippen LogP contribution in [0.1, 0.15) is 38.0 Å². The van der Waals surface area contributed by atoms with Gasteiger partial charge in [-0.05, 0) is 44.5 Å². The standard InChI is InChI=1S/C18H26N2O/c1-3-19-12-18-16(13-20-10-8-14(2)9-11-20)15-6-4-5-7-17(15)21-18/h4-7,14,19H,3,8-13H2,1-2H3. The Labute approximate surface area is 127 Å². The highest BCUT2D eigenvalue weighted by Gasteiger charge is 2.20. The van der Waals surface area contributed by atoms with Gasteiger partial charge in [-0.3, -0.25) is 4.90 Å². The van der Waals surface area contributed by atoms with Crippen LogP contribution in [0, 0.1) is 5.92 Å². The molecule has 0 atom stereocenters. The number of benzene rings is 1. The lowest BCUT2D eigenvalue weighted by atomic mass is 9.98. The van der Waals surface area contributed by atoms with Crippen molar-refractivity contribution in [3.05, 3.63) is 35.6 Å². The summed E-state index contributed by atoms with van der Waals surface area (Å²) >= 11 is 0. The Balaban J connectivity index is 1.84. The minimum Gasteiger partial charge on any atom is -0.459 e. The van der Waals surface area contributed by atoms with E-state index in [2.05, 4.69) is 48.3 Å². The summed E-state index contributed by atoms with van der Waals surface area (Å²) in [6, 6.07) is 8.43. The van der Waals surface area contributed by atoms with E-state index in [1.807, 2.05) is 0 Å². The van der Waals surface area contributed by atoms with E-state index in [9.17, 15) is 0 Å². The molecule has 0 aliphatic carbocycles. The summed E-state index contributed by atoms with van der Waals surface area (Å²) < 4.78 is 6.07. The van der Waals surface area contributed by atoms with E-state index in [4.69, 9.17) is 4.42 Å². The monoisotopic (exact) mass is 286 g/mol. The van der Waals surface area contributed by atoms with Crippen LogP contribution < -0.4 is 5.32 Å². The fraction of sp³-hybridized carbons (Fsp3) is 0.556. The molecule has 0 amide bonds. The molecule has 1 aromatic carbocycles. The first-order chi connectivity index (χ1) is 10.3. The van der Waals surface area contributed by atoms with E-state index < -0.39 is 0 Å². The first-order valence-electron chi connectivity index (χ1n) is 8.20. The molecule has 2 heterocycles. The first-order valence-corrected chi connectivity index (χ1v) is 8.20. The molecule has 0 unspecified atom stereocenters. The van der Waals surface area contributed by atoms with E-state index in [-0.39, 0.29) is 0 Å². The van der Waals surface area contributed by atoms with Crippen LogP contribution in [0.5, 0.6) is 0 Å². The van der Waals surface area contributed by atoms with Crippen molar-refractivity contribution in [1.82, 2.24) is 10.2 Å². The third-order valence-corrected chi connectivity index (χ3v) is 4.58. The van der Waals surface area contributed by atoms with Crippen molar-refractivity contribution in [2.45, 2.75) is 39.8 Å². The zero-order valence-corrected chi connectivity index (χ0v) is 13.2. The summed E-state index contributed by atoms with van der Waals surface area (Å²) in [5.41, 5.74) is 2.40. The number of nitrogens with zero attached hydrogens (tertiary/aromatic N) is 1. The van der Waals surface area contributed by atoms with Crippen molar-refractivity contribution in [2.75, 3.05) is 19.6 Å². The molecule has 1 aliphatic heterocycles. The molecule has 1 N–H and O–H groups in total. The second kappa shape index (κ2) is 6.63. The predicted molar refractivity (Wildman–Crippen MR) is 87.3 cm³/mol. The molecule has 1 aromatic heterocycles. The Morgan fingerprint density at radius 2 is 2.00 bits per heavy atom. The lowest BCUT2D eigenvalue weighted by Crippen LogP contribution is -2.32. The fourth-order valence-electron chi connectivity index (χ4n) is 3.15. The van der Waals surface area contributed by atoms with Gasteiger partial charge in [0.2, 0.25) is 0 Å². The Kier molecular flexibility index (Phi) is 4.61. The van der Waals surface area contributed by atoms with Crippen LogP contribution in [-0.2, 0) is 13.1 Å². The Morgan fingerprint density at radius 1 is 1.24 bits per heavy atom. The third kappa shape index (κ3) is 3.30. The molecule has 1 saturated heterocycles. The predicted octanol–water partition coefficient (Wildman–Crippen LogP) is 3.77. The summed E-state index contributed by atoms with van der Waals surface area (Å²) in [6.07, 6.45) is 2.64. The molecule has 3 heteroatoms. The average Bonchev–Trinajstić information content (AvgIpc) is 2.85. The van der Waals surface area contributed by atoms with Gasteiger partial charge >= 0.3 is 0 Å². The van der Waals surface area contributed by atoms with E-state index in [0.717, 1.165) is 36.9 Å². The number of hydrogen-bond acceptors (Lipinski definition) is 3. The molecule has 21 heavy (non-hydrogen) atoms. The molecule has 3 rings (SSSR count). The van der Waals surface area contributed by atoms with Crippen molar-refractivity contribution in [3.63, 3.8) is 0 Å². The number of hydrogen-bond donors (Lipinski definition) is 1. The first kappa shape index (κ1) is 14.6. The highest BCUT2D eigenvalue weighted by Crippen LogP contribution is 2.28. The summed E-state index contributed by atoms with van der Waals surface area (Å²) in [7, 11) is 0. The van der Waals surface area contributed by atoms with Crippen molar-refractivity contribution < 1.29 is 4.42 Å². The summed E-state index contributed by atoms with van der Waals surface area (Å²) in [6.45, 7) is 9.73. The molecule has 3 nitrogen and oxygen atoms in total. The van der Waals surface area contributed by atoms with Gasteiger partial charge in [0.15, 0.2) is 0 Å². The van der Waals surface area contributed by atoms with Gasteiger partial charge in [-0.1, -0.05) is 32.0 Å². The number of likely N-dealkylation sites (tertiary alicyclic amines) is 1. The molecule has 1 aliphatic rings. The van der Waals surface area contributed by atoms with Gasteiger partial charge in [0, 0.05) is 17.5 Å². The molecular weight excluding hydrogens is 260 g/mol. The van der Waals surface area contributed by atoms with Gasteiger partial charge in [-0.2, -0.15) is 0 Å². The van der Waals surface area contributed by atoms with Crippen LogP contribution in [-0.4, -0.2) is 24.5 Å². The Morgan fingerprint density at radius 3 is 2.76 bits per heavy atom. The second-order valence-electron chi connectivity index (χ2n) is 6.24. The van der Waals surface area contributed by atoms with E-state index in [1.165, 1.54) is 36.9 Å². The lowest BCUT2D eigenvalue weighted by molar-refractivity contribution is 0.184. The summed E-state index contributed by atoms with van der Waals surface area (Å²) in [5.74, 6) is 1.99. The zero-order chi connectivity index (χ0) is 14.7. The second-order valence-corrected chi connectivity index (χ2v) is 6.24. The third-order valence-electron chi connectivity index (χ3n) is 4.58. The Hall–Kier alpha value is -1.32. The van der Waals surface area contributed by atoms with Crippen molar-refractivity contribution in [3.8, 4) is 0 Å². The van der Waals surface area contributed by atoms with Crippen LogP contribution in [0.3, 0.4) is 0 Å². The zero-order valence-electron chi connectivity index (χ0n) is 13.2. The quantitative estimate of drug-likeness (QED) is 0.907. The van der Waals surface area contributed by atoms with Gasteiger partial charge in [0.25, 0.3) is 0 Å². The molecule has 2 aromatic rings. The molecule has 0 bridgehead atoms. The van der Waals surface area contributed by atoms with Gasteiger partial charge in [-0.15, -0.1) is 0 Å². The normalized spacial score (nSPS) is 17.6.